The Bertz CT molecular complexity index is 662. The molecule has 0 bridgehead atoms. The van der Waals surface area contributed by atoms with Gasteiger partial charge in [-0.2, -0.15) is 0 Å². The van der Waals surface area contributed by atoms with Crippen molar-refractivity contribution >= 4 is 5.91 Å². The number of carbonyl (C=O) groups is 1. The van der Waals surface area contributed by atoms with Gasteiger partial charge in [0, 0.05) is 12.6 Å². The van der Waals surface area contributed by atoms with E-state index < -0.39 is 0 Å². The maximum absolute atomic E-state index is 13.1. The molecule has 23 heavy (non-hydrogen) atoms. The molecule has 3 rings (SSSR count). The van der Waals surface area contributed by atoms with Gasteiger partial charge in [0.25, 0.3) is 5.91 Å². The van der Waals surface area contributed by atoms with Gasteiger partial charge in [0.15, 0.2) is 6.61 Å². The zero-order valence-corrected chi connectivity index (χ0v) is 12.7. The second-order valence-corrected chi connectivity index (χ2v) is 5.33. The van der Waals surface area contributed by atoms with Crippen LogP contribution in [0.4, 0.5) is 4.39 Å². The highest BCUT2D eigenvalue weighted by Gasteiger charge is 2.28. The maximum atomic E-state index is 13.1. The van der Waals surface area contributed by atoms with Crippen molar-refractivity contribution in [3.63, 3.8) is 0 Å². The summed E-state index contributed by atoms with van der Waals surface area (Å²) < 4.78 is 24.1. The molecule has 1 heterocycles. The lowest BCUT2D eigenvalue weighted by Crippen LogP contribution is -2.45. The summed E-state index contributed by atoms with van der Waals surface area (Å²) in [7, 11) is 0. The average Bonchev–Trinajstić information content (AvgIpc) is 2.60. The van der Waals surface area contributed by atoms with E-state index in [4.69, 9.17) is 9.47 Å². The molecule has 1 aliphatic heterocycles. The second kappa shape index (κ2) is 7.24. The lowest BCUT2D eigenvalue weighted by Gasteiger charge is -2.35. The van der Waals surface area contributed by atoms with Gasteiger partial charge in [-0.25, -0.2) is 4.39 Å². The highest BCUT2D eigenvalue weighted by molar-refractivity contribution is 5.78. The van der Waals surface area contributed by atoms with Crippen molar-refractivity contribution in [1.82, 2.24) is 4.90 Å². The van der Waals surface area contributed by atoms with Gasteiger partial charge in [-0.3, -0.25) is 4.79 Å². The number of halogens is 1. The van der Waals surface area contributed by atoms with Crippen LogP contribution >= 0.6 is 0 Å². The molecule has 4 nitrogen and oxygen atoms in total. The fourth-order valence-corrected chi connectivity index (χ4v) is 2.64. The predicted molar refractivity (Wildman–Crippen MR) is 83.6 cm³/mol. The highest BCUT2D eigenvalue weighted by atomic mass is 19.1. The summed E-state index contributed by atoms with van der Waals surface area (Å²) in [4.78, 5) is 14.3. The average molecular weight is 315 g/mol. The first kappa shape index (κ1) is 15.5. The number of amides is 1. The first-order valence-corrected chi connectivity index (χ1v) is 7.54. The normalized spacial score (nSPS) is 17.8. The molecule has 2 aromatic rings. The standard InChI is InChI=1S/C18H18FNO3/c19-15-7-4-8-16(11-15)23-13-18(21)20-9-10-22-12-17(20)14-5-2-1-3-6-14/h1-8,11,17H,9-10,12-13H2. The van der Waals surface area contributed by atoms with Gasteiger partial charge >= 0.3 is 0 Å². The Morgan fingerprint density at radius 3 is 2.83 bits per heavy atom. The van der Waals surface area contributed by atoms with Gasteiger partial charge in [-0.05, 0) is 17.7 Å². The molecule has 1 aliphatic rings. The van der Waals surface area contributed by atoms with Crippen LogP contribution in [0, 0.1) is 5.82 Å². The smallest absolute Gasteiger partial charge is 0.261 e. The molecule has 1 fully saturated rings. The molecule has 2 aromatic carbocycles. The Hall–Kier alpha value is -2.40. The maximum Gasteiger partial charge on any atom is 0.261 e. The lowest BCUT2D eigenvalue weighted by molar-refractivity contribution is -0.142. The minimum absolute atomic E-state index is 0.117. The van der Waals surface area contributed by atoms with Crippen molar-refractivity contribution in [2.45, 2.75) is 6.04 Å². The van der Waals surface area contributed by atoms with Crippen LogP contribution in [0.5, 0.6) is 5.75 Å². The van der Waals surface area contributed by atoms with E-state index in [1.54, 1.807) is 17.0 Å². The van der Waals surface area contributed by atoms with Crippen LogP contribution in [-0.4, -0.2) is 37.2 Å². The van der Waals surface area contributed by atoms with Gasteiger partial charge in [0.2, 0.25) is 0 Å². The number of nitrogens with zero attached hydrogens (tertiary/aromatic N) is 1. The molecule has 0 aliphatic carbocycles. The zero-order chi connectivity index (χ0) is 16.1. The predicted octanol–water partition coefficient (Wildman–Crippen LogP) is 2.80. The third kappa shape index (κ3) is 3.87. The monoisotopic (exact) mass is 315 g/mol. The Labute approximate surface area is 134 Å². The molecule has 0 radical (unpaired) electrons. The third-order valence-corrected chi connectivity index (χ3v) is 3.79. The van der Waals surface area contributed by atoms with Gasteiger partial charge in [-0.15, -0.1) is 0 Å². The summed E-state index contributed by atoms with van der Waals surface area (Å²) in [6.07, 6.45) is 0. The lowest BCUT2D eigenvalue weighted by atomic mass is 10.1. The molecular weight excluding hydrogens is 297 g/mol. The first-order chi connectivity index (χ1) is 11.2. The van der Waals surface area contributed by atoms with Crippen LogP contribution < -0.4 is 4.74 Å². The summed E-state index contributed by atoms with van der Waals surface area (Å²) in [5.74, 6) is -0.169. The molecule has 1 amide bonds. The van der Waals surface area contributed by atoms with Crippen LogP contribution in [0.15, 0.2) is 54.6 Å². The van der Waals surface area contributed by atoms with Crippen molar-refractivity contribution in [2.24, 2.45) is 0 Å². The number of carbonyl (C=O) groups excluding carboxylic acids is 1. The van der Waals surface area contributed by atoms with Gasteiger partial charge in [0.1, 0.15) is 11.6 Å². The Morgan fingerprint density at radius 2 is 2.04 bits per heavy atom. The van der Waals surface area contributed by atoms with E-state index in [0.29, 0.717) is 25.5 Å². The minimum Gasteiger partial charge on any atom is -0.484 e. The van der Waals surface area contributed by atoms with E-state index in [1.165, 1.54) is 12.1 Å². The fraction of sp³-hybridized carbons (Fsp3) is 0.278. The van der Waals surface area contributed by atoms with E-state index >= 15 is 0 Å². The number of morpholine rings is 1. The van der Waals surface area contributed by atoms with E-state index in [-0.39, 0.29) is 24.4 Å². The second-order valence-electron chi connectivity index (χ2n) is 5.33. The molecule has 1 saturated heterocycles. The van der Waals surface area contributed by atoms with Crippen molar-refractivity contribution in [2.75, 3.05) is 26.4 Å². The number of benzene rings is 2. The summed E-state index contributed by atoms with van der Waals surface area (Å²) in [6, 6.07) is 15.4. The quantitative estimate of drug-likeness (QED) is 0.871. The molecule has 0 saturated carbocycles. The fourth-order valence-electron chi connectivity index (χ4n) is 2.64. The van der Waals surface area contributed by atoms with Crippen molar-refractivity contribution in [1.29, 1.82) is 0 Å². The molecule has 0 spiro atoms. The van der Waals surface area contributed by atoms with Crippen molar-refractivity contribution in [3.8, 4) is 5.75 Å². The molecule has 5 heteroatoms. The summed E-state index contributed by atoms with van der Waals surface area (Å²) in [5, 5.41) is 0. The summed E-state index contributed by atoms with van der Waals surface area (Å²) in [5.41, 5.74) is 1.03. The van der Waals surface area contributed by atoms with Gasteiger partial charge in [-0.1, -0.05) is 36.4 Å². The first-order valence-electron chi connectivity index (χ1n) is 7.54. The van der Waals surface area contributed by atoms with Crippen LogP contribution in [0.25, 0.3) is 0 Å². The van der Waals surface area contributed by atoms with E-state index in [2.05, 4.69) is 0 Å². The molecule has 0 aromatic heterocycles. The number of ether oxygens (including phenoxy) is 2. The van der Waals surface area contributed by atoms with E-state index in [9.17, 15) is 9.18 Å². The zero-order valence-electron chi connectivity index (χ0n) is 12.7. The van der Waals surface area contributed by atoms with Crippen LogP contribution in [0.3, 0.4) is 0 Å². The van der Waals surface area contributed by atoms with E-state index in [0.717, 1.165) is 5.56 Å². The minimum atomic E-state index is -0.386. The largest absolute Gasteiger partial charge is 0.484 e. The van der Waals surface area contributed by atoms with Crippen molar-refractivity contribution < 1.29 is 18.7 Å². The number of hydrogen-bond donors (Lipinski definition) is 0. The SMILES string of the molecule is O=C(COc1cccc(F)c1)N1CCOCC1c1ccccc1. The topological polar surface area (TPSA) is 38.8 Å². The summed E-state index contributed by atoms with van der Waals surface area (Å²) in [6.45, 7) is 1.38. The van der Waals surface area contributed by atoms with Gasteiger partial charge in [0.05, 0.1) is 19.3 Å². The molecule has 1 unspecified atom stereocenters. The number of rotatable bonds is 4. The highest BCUT2D eigenvalue weighted by Crippen LogP contribution is 2.24. The van der Waals surface area contributed by atoms with E-state index in [1.807, 2.05) is 30.3 Å². The van der Waals surface area contributed by atoms with Gasteiger partial charge < -0.3 is 14.4 Å². The molecular formula is C18H18FNO3. The van der Waals surface area contributed by atoms with Crippen molar-refractivity contribution in [3.05, 3.63) is 66.0 Å². The Morgan fingerprint density at radius 1 is 1.22 bits per heavy atom. The molecule has 0 N–H and O–H groups in total. The summed E-state index contributed by atoms with van der Waals surface area (Å²) >= 11 is 0. The number of hydrogen-bond acceptors (Lipinski definition) is 3. The Balaban J connectivity index is 1.67. The molecule has 1 atom stereocenters. The molecule has 120 valence electrons. The Kier molecular flexibility index (Phi) is 4.88. The third-order valence-electron chi connectivity index (χ3n) is 3.79. The van der Waals surface area contributed by atoms with Crippen LogP contribution in [0.1, 0.15) is 11.6 Å². The van der Waals surface area contributed by atoms with Crippen LogP contribution in [-0.2, 0) is 9.53 Å². The van der Waals surface area contributed by atoms with Crippen LogP contribution in [0.2, 0.25) is 0 Å².